The van der Waals surface area contributed by atoms with E-state index in [9.17, 15) is 4.79 Å². The van der Waals surface area contributed by atoms with E-state index in [1.807, 2.05) is 30.3 Å². The zero-order valence-electron chi connectivity index (χ0n) is 11.8. The van der Waals surface area contributed by atoms with Crippen LogP contribution in [0.25, 0.3) is 10.4 Å². The number of allylic oxidation sites excluding steroid dienone is 1. The highest BCUT2D eigenvalue weighted by Crippen LogP contribution is 2.28. The van der Waals surface area contributed by atoms with Gasteiger partial charge in [-0.05, 0) is 55.3 Å². The van der Waals surface area contributed by atoms with Gasteiger partial charge < -0.3 is 4.74 Å². The lowest BCUT2D eigenvalue weighted by atomic mass is 10.2. The maximum atomic E-state index is 11.5. The molecule has 1 aromatic carbocycles. The van der Waals surface area contributed by atoms with Gasteiger partial charge in [0.2, 0.25) is 0 Å². The van der Waals surface area contributed by atoms with Crippen molar-refractivity contribution in [3.63, 3.8) is 0 Å². The van der Waals surface area contributed by atoms with E-state index in [0.29, 0.717) is 5.75 Å². The molecule has 0 aliphatic rings. The van der Waals surface area contributed by atoms with Crippen molar-refractivity contribution >= 4 is 17.3 Å². The average molecular weight is 286 g/mol. The predicted molar refractivity (Wildman–Crippen MR) is 84.2 cm³/mol. The third-order valence-electron chi connectivity index (χ3n) is 2.81. The molecule has 2 nitrogen and oxygen atoms in total. The molecule has 1 aromatic heterocycles. The fourth-order valence-electron chi connectivity index (χ4n) is 1.77. The number of carbonyl (C=O) groups excluding carboxylic acids is 1. The maximum Gasteiger partial charge on any atom is 0.335 e. The van der Waals surface area contributed by atoms with E-state index in [-0.39, 0.29) is 5.97 Å². The highest BCUT2D eigenvalue weighted by molar-refractivity contribution is 7.15. The molecule has 0 atom stereocenters. The van der Waals surface area contributed by atoms with Crippen LogP contribution in [0.5, 0.6) is 5.75 Å². The Kier molecular flexibility index (Phi) is 5.13. The number of rotatable bonds is 5. The largest absolute Gasteiger partial charge is 0.423 e. The number of esters is 1. The number of benzene rings is 1. The summed E-state index contributed by atoms with van der Waals surface area (Å²) in [6.45, 7) is 4.16. The standard InChI is InChI=1S/C17H18O2S/c1-3-4-5-6-17(18)19-15-10-8-14(9-11-15)16-12-7-13(2)20-16/h5-12H,3-4H2,1-2H3/b6-5+. The molecule has 0 aliphatic heterocycles. The second-order valence-corrected chi connectivity index (χ2v) is 5.83. The van der Waals surface area contributed by atoms with Gasteiger partial charge in [-0.3, -0.25) is 0 Å². The lowest BCUT2D eigenvalue weighted by molar-refractivity contribution is -0.129. The summed E-state index contributed by atoms with van der Waals surface area (Å²) in [5.41, 5.74) is 1.14. The summed E-state index contributed by atoms with van der Waals surface area (Å²) in [5.74, 6) is 0.256. The second kappa shape index (κ2) is 7.06. The van der Waals surface area contributed by atoms with Crippen molar-refractivity contribution in [3.8, 4) is 16.2 Å². The van der Waals surface area contributed by atoms with E-state index in [2.05, 4.69) is 26.0 Å². The molecule has 0 radical (unpaired) electrons. The molecule has 0 saturated carbocycles. The van der Waals surface area contributed by atoms with Crippen molar-refractivity contribution in [3.05, 3.63) is 53.4 Å². The molecule has 0 amide bonds. The fraction of sp³-hybridized carbons (Fsp3) is 0.235. The maximum absolute atomic E-state index is 11.5. The summed E-state index contributed by atoms with van der Waals surface area (Å²) in [6, 6.07) is 11.8. The highest BCUT2D eigenvalue weighted by Gasteiger charge is 2.03. The van der Waals surface area contributed by atoms with Crippen LogP contribution < -0.4 is 4.74 Å². The zero-order chi connectivity index (χ0) is 14.4. The third-order valence-corrected chi connectivity index (χ3v) is 3.86. The summed E-state index contributed by atoms with van der Waals surface area (Å²) >= 11 is 1.76. The van der Waals surface area contributed by atoms with Crippen molar-refractivity contribution < 1.29 is 9.53 Å². The predicted octanol–water partition coefficient (Wildman–Crippen LogP) is 4.99. The molecule has 1 heterocycles. The van der Waals surface area contributed by atoms with Gasteiger partial charge in [-0.2, -0.15) is 0 Å². The Morgan fingerprint density at radius 2 is 1.95 bits per heavy atom. The molecule has 104 valence electrons. The van der Waals surface area contributed by atoms with Gasteiger partial charge in [-0.1, -0.05) is 19.4 Å². The molecule has 0 fully saturated rings. The number of thiophene rings is 1. The SMILES string of the molecule is CCC/C=C/C(=O)Oc1ccc(-c2ccc(C)s2)cc1. The Labute approximate surface area is 123 Å². The number of carbonyl (C=O) groups is 1. The highest BCUT2D eigenvalue weighted by atomic mass is 32.1. The minimum absolute atomic E-state index is 0.321. The number of hydrogen-bond donors (Lipinski definition) is 0. The number of hydrogen-bond acceptors (Lipinski definition) is 3. The minimum atomic E-state index is -0.321. The van der Waals surface area contributed by atoms with Gasteiger partial charge in [0, 0.05) is 15.8 Å². The van der Waals surface area contributed by atoms with Gasteiger partial charge in [-0.25, -0.2) is 4.79 Å². The summed E-state index contributed by atoms with van der Waals surface area (Å²) < 4.78 is 5.23. The van der Waals surface area contributed by atoms with E-state index in [4.69, 9.17) is 4.74 Å². The van der Waals surface area contributed by atoms with Crippen molar-refractivity contribution in [2.24, 2.45) is 0 Å². The van der Waals surface area contributed by atoms with Crippen LogP contribution in [-0.2, 0) is 4.79 Å². The van der Waals surface area contributed by atoms with Crippen LogP contribution in [0.1, 0.15) is 24.6 Å². The summed E-state index contributed by atoms with van der Waals surface area (Å²) in [6.07, 6.45) is 5.25. The van der Waals surface area contributed by atoms with Crippen molar-refractivity contribution in [1.29, 1.82) is 0 Å². The van der Waals surface area contributed by atoms with Gasteiger partial charge in [0.05, 0.1) is 0 Å². The first-order chi connectivity index (χ1) is 9.69. The molecular weight excluding hydrogens is 268 g/mol. The summed E-state index contributed by atoms with van der Waals surface area (Å²) in [4.78, 5) is 14.1. The van der Waals surface area contributed by atoms with E-state index in [1.165, 1.54) is 15.8 Å². The van der Waals surface area contributed by atoms with E-state index < -0.39 is 0 Å². The van der Waals surface area contributed by atoms with Gasteiger partial charge in [-0.15, -0.1) is 11.3 Å². The first kappa shape index (κ1) is 14.5. The van der Waals surface area contributed by atoms with Gasteiger partial charge >= 0.3 is 5.97 Å². The van der Waals surface area contributed by atoms with Crippen molar-refractivity contribution in [2.75, 3.05) is 0 Å². The summed E-state index contributed by atoms with van der Waals surface area (Å²) in [7, 11) is 0. The van der Waals surface area contributed by atoms with Crippen LogP contribution in [0.2, 0.25) is 0 Å². The van der Waals surface area contributed by atoms with Crippen LogP contribution >= 0.6 is 11.3 Å². The average Bonchev–Trinajstić information content (AvgIpc) is 2.86. The van der Waals surface area contributed by atoms with Crippen LogP contribution in [0, 0.1) is 6.92 Å². The molecule has 0 unspecified atom stereocenters. The molecule has 0 N–H and O–H groups in total. The molecule has 0 spiro atoms. The van der Waals surface area contributed by atoms with E-state index in [1.54, 1.807) is 11.3 Å². The van der Waals surface area contributed by atoms with Gasteiger partial charge in [0.25, 0.3) is 0 Å². The number of ether oxygens (including phenoxy) is 1. The Morgan fingerprint density at radius 1 is 1.20 bits per heavy atom. The number of aryl methyl sites for hydroxylation is 1. The first-order valence-corrected chi connectivity index (χ1v) is 7.56. The topological polar surface area (TPSA) is 26.3 Å². The van der Waals surface area contributed by atoms with Crippen LogP contribution in [-0.4, -0.2) is 5.97 Å². The normalized spacial score (nSPS) is 10.9. The molecule has 2 rings (SSSR count). The lowest BCUT2D eigenvalue weighted by Gasteiger charge is -2.02. The second-order valence-electron chi connectivity index (χ2n) is 4.55. The first-order valence-electron chi connectivity index (χ1n) is 6.74. The molecule has 20 heavy (non-hydrogen) atoms. The van der Waals surface area contributed by atoms with Crippen LogP contribution in [0.15, 0.2) is 48.6 Å². The molecule has 2 aromatic rings. The Morgan fingerprint density at radius 3 is 2.55 bits per heavy atom. The Balaban J connectivity index is 2.00. The van der Waals surface area contributed by atoms with E-state index >= 15 is 0 Å². The third kappa shape index (κ3) is 4.07. The van der Waals surface area contributed by atoms with Crippen LogP contribution in [0.4, 0.5) is 0 Å². The lowest BCUT2D eigenvalue weighted by Crippen LogP contribution is -2.03. The van der Waals surface area contributed by atoms with Gasteiger partial charge in [0.1, 0.15) is 5.75 Å². The zero-order valence-corrected chi connectivity index (χ0v) is 12.6. The molecule has 0 bridgehead atoms. The minimum Gasteiger partial charge on any atom is -0.423 e. The quantitative estimate of drug-likeness (QED) is 0.440. The molecule has 0 saturated heterocycles. The smallest absolute Gasteiger partial charge is 0.335 e. The monoisotopic (exact) mass is 286 g/mol. The van der Waals surface area contributed by atoms with Crippen molar-refractivity contribution in [2.45, 2.75) is 26.7 Å². The molecule has 3 heteroatoms. The fourth-order valence-corrected chi connectivity index (χ4v) is 2.65. The van der Waals surface area contributed by atoms with E-state index in [0.717, 1.165) is 18.4 Å². The summed E-state index contributed by atoms with van der Waals surface area (Å²) in [5, 5.41) is 0. The number of unbranched alkanes of at least 4 members (excludes halogenated alkanes) is 1. The van der Waals surface area contributed by atoms with Gasteiger partial charge in [0.15, 0.2) is 0 Å². The molecular formula is C17H18O2S. The van der Waals surface area contributed by atoms with Crippen molar-refractivity contribution in [1.82, 2.24) is 0 Å². The molecule has 0 aliphatic carbocycles. The van der Waals surface area contributed by atoms with Crippen LogP contribution in [0.3, 0.4) is 0 Å². The Hall–Kier alpha value is -1.87. The Bertz CT molecular complexity index is 594.